The smallest absolute Gasteiger partial charge is 0.339 e. The van der Waals surface area contributed by atoms with Crippen LogP contribution >= 0.6 is 0 Å². The second-order valence-electron chi connectivity index (χ2n) is 4.87. The molecule has 2 rings (SSSR count). The van der Waals surface area contributed by atoms with E-state index in [1.165, 1.54) is 24.3 Å². The Morgan fingerprint density at radius 1 is 1.05 bits per heavy atom. The fraction of sp³-hybridized carbons (Fsp3) is 0.188. The zero-order valence-electron chi connectivity index (χ0n) is 11.8. The second-order valence-corrected chi connectivity index (χ2v) is 6.41. The van der Waals surface area contributed by atoms with E-state index in [1.807, 2.05) is 32.0 Å². The van der Waals surface area contributed by atoms with Crippen LogP contribution in [0, 0.1) is 11.3 Å². The standard InChI is InChI=1S/C16H15NO3S/c1-12(2)15-5-3-4-6-16(15)20-21(18,19)14-9-7-13(11-17)8-10-14/h3-10,12H,1-2H3. The first kappa shape index (κ1) is 15.1. The minimum absolute atomic E-state index is 0.0278. The van der Waals surface area contributed by atoms with Crippen molar-refractivity contribution in [1.82, 2.24) is 0 Å². The van der Waals surface area contributed by atoms with Gasteiger partial charge in [-0.3, -0.25) is 0 Å². The molecule has 2 aromatic carbocycles. The van der Waals surface area contributed by atoms with Crippen LogP contribution in [0.5, 0.6) is 5.75 Å². The number of hydrogen-bond acceptors (Lipinski definition) is 4. The molecule has 108 valence electrons. The lowest BCUT2D eigenvalue weighted by molar-refractivity contribution is 0.481. The van der Waals surface area contributed by atoms with Crippen molar-refractivity contribution in [3.8, 4) is 11.8 Å². The topological polar surface area (TPSA) is 67.2 Å². The molecule has 0 heterocycles. The largest absolute Gasteiger partial charge is 0.379 e. The molecule has 0 saturated heterocycles. The lowest BCUT2D eigenvalue weighted by atomic mass is 10.0. The van der Waals surface area contributed by atoms with Crippen LogP contribution in [-0.4, -0.2) is 8.42 Å². The van der Waals surface area contributed by atoms with Gasteiger partial charge in [-0.2, -0.15) is 13.7 Å². The molecule has 0 spiro atoms. The molecular weight excluding hydrogens is 286 g/mol. The zero-order chi connectivity index (χ0) is 15.5. The molecule has 2 aromatic rings. The van der Waals surface area contributed by atoms with Gasteiger partial charge < -0.3 is 4.18 Å². The normalized spacial score (nSPS) is 11.1. The van der Waals surface area contributed by atoms with E-state index < -0.39 is 10.1 Å². The van der Waals surface area contributed by atoms with Crippen molar-refractivity contribution in [2.45, 2.75) is 24.7 Å². The summed E-state index contributed by atoms with van der Waals surface area (Å²) in [4.78, 5) is 0.0278. The Labute approximate surface area is 124 Å². The van der Waals surface area contributed by atoms with Crippen LogP contribution in [0.15, 0.2) is 53.4 Å². The molecule has 0 radical (unpaired) electrons. The average Bonchev–Trinajstić information content (AvgIpc) is 2.47. The van der Waals surface area contributed by atoms with Crippen molar-refractivity contribution in [3.05, 3.63) is 59.7 Å². The molecule has 0 unspecified atom stereocenters. The first-order chi connectivity index (χ1) is 9.94. The third kappa shape index (κ3) is 3.41. The van der Waals surface area contributed by atoms with Crippen LogP contribution in [-0.2, 0) is 10.1 Å². The lowest BCUT2D eigenvalue weighted by Crippen LogP contribution is -2.11. The van der Waals surface area contributed by atoms with Crippen LogP contribution in [0.1, 0.15) is 30.9 Å². The Hall–Kier alpha value is -2.32. The van der Waals surface area contributed by atoms with E-state index in [4.69, 9.17) is 9.44 Å². The van der Waals surface area contributed by atoms with E-state index in [0.29, 0.717) is 11.3 Å². The number of nitriles is 1. The number of nitrogens with zero attached hydrogens (tertiary/aromatic N) is 1. The van der Waals surface area contributed by atoms with Gasteiger partial charge in [-0.1, -0.05) is 32.0 Å². The lowest BCUT2D eigenvalue weighted by Gasteiger charge is -2.13. The van der Waals surface area contributed by atoms with Gasteiger partial charge in [0.25, 0.3) is 0 Å². The summed E-state index contributed by atoms with van der Waals surface area (Å²) in [6.45, 7) is 3.94. The predicted molar refractivity (Wildman–Crippen MR) is 79.5 cm³/mol. The van der Waals surface area contributed by atoms with E-state index in [9.17, 15) is 8.42 Å². The van der Waals surface area contributed by atoms with Gasteiger partial charge >= 0.3 is 10.1 Å². The third-order valence-corrected chi connectivity index (χ3v) is 4.26. The van der Waals surface area contributed by atoms with Crippen molar-refractivity contribution in [3.63, 3.8) is 0 Å². The van der Waals surface area contributed by atoms with Gasteiger partial charge in [0.05, 0.1) is 11.6 Å². The van der Waals surface area contributed by atoms with Gasteiger partial charge in [0.15, 0.2) is 0 Å². The van der Waals surface area contributed by atoms with Crippen LogP contribution in [0.25, 0.3) is 0 Å². The maximum atomic E-state index is 12.3. The summed E-state index contributed by atoms with van der Waals surface area (Å²) in [7, 11) is -3.90. The number of hydrogen-bond donors (Lipinski definition) is 0. The van der Waals surface area contributed by atoms with Crippen molar-refractivity contribution in [1.29, 1.82) is 5.26 Å². The Kier molecular flexibility index (Phi) is 4.29. The van der Waals surface area contributed by atoms with Crippen molar-refractivity contribution >= 4 is 10.1 Å². The van der Waals surface area contributed by atoms with Gasteiger partial charge in [0.1, 0.15) is 10.6 Å². The highest BCUT2D eigenvalue weighted by Gasteiger charge is 2.19. The summed E-state index contributed by atoms with van der Waals surface area (Å²) < 4.78 is 29.8. The summed E-state index contributed by atoms with van der Waals surface area (Å²) >= 11 is 0. The first-order valence-electron chi connectivity index (χ1n) is 6.47. The molecule has 4 nitrogen and oxygen atoms in total. The summed E-state index contributed by atoms with van der Waals surface area (Å²) in [5.41, 5.74) is 1.23. The minimum atomic E-state index is -3.90. The number of benzene rings is 2. The maximum Gasteiger partial charge on any atom is 0.339 e. The molecule has 0 bridgehead atoms. The van der Waals surface area contributed by atoms with Gasteiger partial charge in [-0.25, -0.2) is 0 Å². The van der Waals surface area contributed by atoms with E-state index >= 15 is 0 Å². The van der Waals surface area contributed by atoms with Crippen LogP contribution in [0.2, 0.25) is 0 Å². The molecule has 0 aliphatic carbocycles. The van der Waals surface area contributed by atoms with Gasteiger partial charge in [-0.05, 0) is 41.8 Å². The van der Waals surface area contributed by atoms with E-state index in [1.54, 1.807) is 12.1 Å². The van der Waals surface area contributed by atoms with Gasteiger partial charge in [0.2, 0.25) is 0 Å². The van der Waals surface area contributed by atoms with E-state index in [0.717, 1.165) is 5.56 Å². The Bertz CT molecular complexity index is 772. The first-order valence-corrected chi connectivity index (χ1v) is 7.88. The fourth-order valence-corrected chi connectivity index (χ4v) is 2.85. The van der Waals surface area contributed by atoms with E-state index in [-0.39, 0.29) is 10.8 Å². The SMILES string of the molecule is CC(C)c1ccccc1OS(=O)(=O)c1ccc(C#N)cc1. The molecule has 0 aromatic heterocycles. The van der Waals surface area contributed by atoms with Crippen molar-refractivity contribution in [2.24, 2.45) is 0 Å². The molecule has 0 fully saturated rings. The Balaban J connectivity index is 2.35. The highest BCUT2D eigenvalue weighted by atomic mass is 32.2. The summed E-state index contributed by atoms with van der Waals surface area (Å²) in [5.74, 6) is 0.481. The molecule has 0 N–H and O–H groups in total. The Morgan fingerprint density at radius 2 is 1.67 bits per heavy atom. The number of para-hydroxylation sites is 1. The van der Waals surface area contributed by atoms with Crippen LogP contribution in [0.4, 0.5) is 0 Å². The highest BCUT2D eigenvalue weighted by Crippen LogP contribution is 2.28. The van der Waals surface area contributed by atoms with Crippen LogP contribution < -0.4 is 4.18 Å². The third-order valence-electron chi connectivity index (χ3n) is 3.01. The van der Waals surface area contributed by atoms with Gasteiger partial charge in [-0.15, -0.1) is 0 Å². The zero-order valence-corrected chi connectivity index (χ0v) is 12.6. The average molecular weight is 301 g/mol. The summed E-state index contributed by atoms with van der Waals surface area (Å²) in [6.07, 6.45) is 0. The van der Waals surface area contributed by atoms with E-state index in [2.05, 4.69) is 0 Å². The highest BCUT2D eigenvalue weighted by molar-refractivity contribution is 7.87. The predicted octanol–water partition coefficient (Wildman–Crippen LogP) is 3.45. The fourth-order valence-electron chi connectivity index (χ4n) is 1.90. The van der Waals surface area contributed by atoms with Crippen molar-refractivity contribution < 1.29 is 12.6 Å². The van der Waals surface area contributed by atoms with Crippen LogP contribution in [0.3, 0.4) is 0 Å². The molecule has 0 aliphatic heterocycles. The van der Waals surface area contributed by atoms with Gasteiger partial charge in [0, 0.05) is 0 Å². The number of rotatable bonds is 4. The molecule has 0 aliphatic rings. The molecule has 5 heteroatoms. The molecule has 0 atom stereocenters. The monoisotopic (exact) mass is 301 g/mol. The quantitative estimate of drug-likeness (QED) is 0.811. The second kappa shape index (κ2) is 5.98. The Morgan fingerprint density at radius 3 is 2.24 bits per heavy atom. The minimum Gasteiger partial charge on any atom is -0.379 e. The summed E-state index contributed by atoms with van der Waals surface area (Å²) in [5, 5.41) is 8.73. The maximum absolute atomic E-state index is 12.3. The molecule has 0 amide bonds. The summed E-state index contributed by atoms with van der Waals surface area (Å²) in [6, 6.07) is 14.6. The molecule has 21 heavy (non-hydrogen) atoms. The van der Waals surface area contributed by atoms with Crippen molar-refractivity contribution in [2.75, 3.05) is 0 Å². The molecule has 0 saturated carbocycles. The molecular formula is C16H15NO3S.